The van der Waals surface area contributed by atoms with Gasteiger partial charge in [0.15, 0.2) is 0 Å². The first-order valence-corrected chi connectivity index (χ1v) is 9.05. The molecule has 1 aromatic heterocycles. The number of hydrogen-bond donors (Lipinski definition) is 1. The fourth-order valence-corrected chi connectivity index (χ4v) is 3.04. The molecule has 26 heavy (non-hydrogen) atoms. The van der Waals surface area contributed by atoms with Gasteiger partial charge in [0.25, 0.3) is 5.91 Å². The van der Waals surface area contributed by atoms with E-state index in [4.69, 9.17) is 0 Å². The van der Waals surface area contributed by atoms with Crippen molar-refractivity contribution in [2.45, 2.75) is 33.2 Å². The molecule has 0 spiro atoms. The molecule has 0 aliphatic carbocycles. The second kappa shape index (κ2) is 7.32. The molecule has 1 aliphatic heterocycles. The van der Waals surface area contributed by atoms with Crippen molar-refractivity contribution in [2.75, 3.05) is 36.4 Å². The lowest BCUT2D eigenvalue weighted by Gasteiger charge is -2.36. The number of carbonyl (C=O) groups excluding carboxylic acids is 1. The van der Waals surface area contributed by atoms with Gasteiger partial charge in [-0.05, 0) is 45.9 Å². The number of para-hydroxylation sites is 1. The van der Waals surface area contributed by atoms with E-state index in [-0.39, 0.29) is 11.4 Å². The Kier molecular flexibility index (Phi) is 5.11. The zero-order valence-corrected chi connectivity index (χ0v) is 16.0. The molecule has 1 N–H and O–H groups in total. The molecular formula is C20H27N5O. The molecule has 6 heteroatoms. The van der Waals surface area contributed by atoms with Crippen molar-refractivity contribution in [1.29, 1.82) is 0 Å². The van der Waals surface area contributed by atoms with Crippen LogP contribution >= 0.6 is 0 Å². The maximum absolute atomic E-state index is 12.9. The van der Waals surface area contributed by atoms with Gasteiger partial charge in [-0.15, -0.1) is 0 Å². The van der Waals surface area contributed by atoms with Gasteiger partial charge in [0.2, 0.25) is 5.95 Å². The highest BCUT2D eigenvalue weighted by Gasteiger charge is 2.24. The van der Waals surface area contributed by atoms with Crippen molar-refractivity contribution in [1.82, 2.24) is 14.9 Å². The molecule has 2 aromatic rings. The quantitative estimate of drug-likeness (QED) is 0.919. The molecule has 1 aromatic carbocycles. The molecule has 1 aliphatic rings. The van der Waals surface area contributed by atoms with Gasteiger partial charge in [0.1, 0.15) is 5.69 Å². The van der Waals surface area contributed by atoms with Crippen LogP contribution in [-0.4, -0.2) is 52.5 Å². The average Bonchev–Trinajstić information content (AvgIpc) is 2.60. The van der Waals surface area contributed by atoms with Crippen LogP contribution < -0.4 is 10.2 Å². The minimum absolute atomic E-state index is 0.0276. The third-order valence-electron chi connectivity index (χ3n) is 4.25. The molecule has 0 unspecified atom stereocenters. The summed E-state index contributed by atoms with van der Waals surface area (Å²) >= 11 is 0. The molecule has 6 nitrogen and oxygen atoms in total. The van der Waals surface area contributed by atoms with Gasteiger partial charge in [-0.2, -0.15) is 0 Å². The molecule has 0 atom stereocenters. The van der Waals surface area contributed by atoms with E-state index in [2.05, 4.69) is 32.3 Å². The SMILES string of the molecule is Cc1cc(C(=O)N2CCN(c3ccccc3)CC2)nc(NC(C)(C)C)n1. The fraction of sp³-hybridized carbons (Fsp3) is 0.450. The Labute approximate surface area is 155 Å². The number of rotatable bonds is 3. The van der Waals surface area contributed by atoms with Gasteiger partial charge in [-0.1, -0.05) is 18.2 Å². The van der Waals surface area contributed by atoms with E-state index < -0.39 is 0 Å². The van der Waals surface area contributed by atoms with E-state index in [1.165, 1.54) is 5.69 Å². The molecule has 1 fully saturated rings. The predicted molar refractivity (Wildman–Crippen MR) is 105 cm³/mol. The van der Waals surface area contributed by atoms with E-state index in [0.29, 0.717) is 24.7 Å². The van der Waals surface area contributed by atoms with Crippen LogP contribution in [0.4, 0.5) is 11.6 Å². The van der Waals surface area contributed by atoms with Crippen molar-refractivity contribution in [3.05, 3.63) is 47.8 Å². The number of carbonyl (C=O) groups is 1. The zero-order valence-electron chi connectivity index (χ0n) is 16.0. The number of aromatic nitrogens is 2. The minimum Gasteiger partial charge on any atom is -0.368 e. The first-order valence-electron chi connectivity index (χ1n) is 9.05. The second-order valence-electron chi connectivity index (χ2n) is 7.71. The Morgan fingerprint density at radius 2 is 1.69 bits per heavy atom. The molecule has 0 radical (unpaired) electrons. The second-order valence-corrected chi connectivity index (χ2v) is 7.71. The summed E-state index contributed by atoms with van der Waals surface area (Å²) in [6.45, 7) is 11.1. The van der Waals surface area contributed by atoms with Crippen molar-refractivity contribution in [3.8, 4) is 0 Å². The molecule has 138 valence electrons. The number of hydrogen-bond acceptors (Lipinski definition) is 5. The highest BCUT2D eigenvalue weighted by Crippen LogP contribution is 2.17. The van der Waals surface area contributed by atoms with E-state index in [1.54, 1.807) is 6.07 Å². The first-order chi connectivity index (χ1) is 12.3. The van der Waals surface area contributed by atoms with Crippen LogP contribution in [0.5, 0.6) is 0 Å². The smallest absolute Gasteiger partial charge is 0.272 e. The number of piperazine rings is 1. The van der Waals surface area contributed by atoms with Crippen LogP contribution in [0, 0.1) is 6.92 Å². The summed E-state index contributed by atoms with van der Waals surface area (Å²) in [6.07, 6.45) is 0. The van der Waals surface area contributed by atoms with Gasteiger partial charge in [-0.3, -0.25) is 4.79 Å². The van der Waals surface area contributed by atoms with Crippen LogP contribution in [-0.2, 0) is 0 Å². The highest BCUT2D eigenvalue weighted by molar-refractivity contribution is 5.92. The number of benzene rings is 1. The standard InChI is InChI=1S/C20H27N5O/c1-15-14-17(22-19(21-15)23-20(2,3)4)18(26)25-12-10-24(11-13-25)16-8-6-5-7-9-16/h5-9,14H,10-13H2,1-4H3,(H,21,22,23). The topological polar surface area (TPSA) is 61.4 Å². The van der Waals surface area contributed by atoms with Crippen molar-refractivity contribution in [3.63, 3.8) is 0 Å². The van der Waals surface area contributed by atoms with Crippen LogP contribution in [0.25, 0.3) is 0 Å². The van der Waals surface area contributed by atoms with Gasteiger partial charge < -0.3 is 15.1 Å². The Morgan fingerprint density at radius 3 is 2.31 bits per heavy atom. The molecular weight excluding hydrogens is 326 g/mol. The molecule has 0 bridgehead atoms. The van der Waals surface area contributed by atoms with Gasteiger partial charge >= 0.3 is 0 Å². The van der Waals surface area contributed by atoms with Crippen LogP contribution in [0.3, 0.4) is 0 Å². The van der Waals surface area contributed by atoms with E-state index in [1.807, 2.05) is 50.8 Å². The van der Waals surface area contributed by atoms with E-state index in [9.17, 15) is 4.79 Å². The molecule has 1 amide bonds. The zero-order chi connectivity index (χ0) is 18.7. The Morgan fingerprint density at radius 1 is 1.04 bits per heavy atom. The lowest BCUT2D eigenvalue weighted by atomic mass is 10.1. The normalized spacial score (nSPS) is 15.1. The lowest BCUT2D eigenvalue weighted by Crippen LogP contribution is -2.49. The Bertz CT molecular complexity index is 762. The summed E-state index contributed by atoms with van der Waals surface area (Å²) in [6, 6.07) is 12.1. The van der Waals surface area contributed by atoms with Crippen molar-refractivity contribution < 1.29 is 4.79 Å². The summed E-state index contributed by atoms with van der Waals surface area (Å²) < 4.78 is 0. The van der Waals surface area contributed by atoms with Gasteiger partial charge in [0.05, 0.1) is 0 Å². The molecule has 0 saturated carbocycles. The van der Waals surface area contributed by atoms with Crippen LogP contribution in [0.15, 0.2) is 36.4 Å². The summed E-state index contributed by atoms with van der Waals surface area (Å²) in [5.74, 6) is 0.476. The fourth-order valence-electron chi connectivity index (χ4n) is 3.04. The molecule has 1 saturated heterocycles. The number of amides is 1. The Balaban J connectivity index is 1.69. The van der Waals surface area contributed by atoms with Crippen molar-refractivity contribution in [2.24, 2.45) is 0 Å². The maximum atomic E-state index is 12.9. The highest BCUT2D eigenvalue weighted by atomic mass is 16.2. The third kappa shape index (κ3) is 4.50. The van der Waals surface area contributed by atoms with Gasteiger partial charge in [0, 0.05) is 43.1 Å². The largest absolute Gasteiger partial charge is 0.368 e. The summed E-state index contributed by atoms with van der Waals surface area (Å²) in [5, 5.41) is 3.25. The number of anilines is 2. The number of aryl methyl sites for hydroxylation is 1. The molecule has 3 rings (SSSR count). The first kappa shape index (κ1) is 18.2. The predicted octanol–water partition coefficient (Wildman–Crippen LogP) is 2.96. The van der Waals surface area contributed by atoms with E-state index >= 15 is 0 Å². The summed E-state index contributed by atoms with van der Waals surface area (Å²) in [5.41, 5.74) is 2.29. The third-order valence-corrected chi connectivity index (χ3v) is 4.25. The average molecular weight is 353 g/mol. The van der Waals surface area contributed by atoms with Gasteiger partial charge in [-0.25, -0.2) is 9.97 Å². The number of nitrogens with one attached hydrogen (secondary N) is 1. The molecule has 2 heterocycles. The Hall–Kier alpha value is -2.63. The number of nitrogens with zero attached hydrogens (tertiary/aromatic N) is 4. The van der Waals surface area contributed by atoms with Crippen LogP contribution in [0.2, 0.25) is 0 Å². The maximum Gasteiger partial charge on any atom is 0.272 e. The van der Waals surface area contributed by atoms with E-state index in [0.717, 1.165) is 18.8 Å². The minimum atomic E-state index is -0.157. The summed E-state index contributed by atoms with van der Waals surface area (Å²) in [7, 11) is 0. The lowest BCUT2D eigenvalue weighted by molar-refractivity contribution is 0.0740. The summed E-state index contributed by atoms with van der Waals surface area (Å²) in [4.78, 5) is 25.9. The van der Waals surface area contributed by atoms with Crippen molar-refractivity contribution >= 4 is 17.5 Å². The monoisotopic (exact) mass is 353 g/mol. The van der Waals surface area contributed by atoms with Crippen LogP contribution in [0.1, 0.15) is 37.0 Å².